The Hall–Kier alpha value is -0.640. The van der Waals surface area contributed by atoms with Gasteiger partial charge in [0, 0.05) is 15.3 Å². The van der Waals surface area contributed by atoms with Gasteiger partial charge >= 0.3 is 0 Å². The summed E-state index contributed by atoms with van der Waals surface area (Å²) in [6.45, 7) is 0. The lowest BCUT2D eigenvalue weighted by atomic mass is 10.2. The average Bonchev–Trinajstić information content (AvgIpc) is 3.09. The average molecular weight is 342 g/mol. The summed E-state index contributed by atoms with van der Waals surface area (Å²) < 4.78 is 0.880. The molecule has 92 valence electrons. The third-order valence-electron chi connectivity index (χ3n) is 3.00. The molecule has 0 unspecified atom stereocenters. The summed E-state index contributed by atoms with van der Waals surface area (Å²) in [6, 6.07) is 9.77. The van der Waals surface area contributed by atoms with Gasteiger partial charge in [-0.05, 0) is 58.6 Å². The minimum Gasteiger partial charge on any atom is -0.293 e. The van der Waals surface area contributed by atoms with Gasteiger partial charge in [0.05, 0.1) is 9.90 Å². The van der Waals surface area contributed by atoms with Crippen LogP contribution in [-0.2, 0) is 0 Å². The second kappa shape index (κ2) is 4.80. The first-order valence-corrected chi connectivity index (χ1v) is 7.73. The Labute approximate surface area is 123 Å². The molecule has 1 heterocycles. The van der Waals surface area contributed by atoms with Crippen molar-refractivity contribution in [2.45, 2.75) is 12.8 Å². The molecule has 1 saturated carbocycles. The van der Waals surface area contributed by atoms with Crippen molar-refractivity contribution < 1.29 is 4.79 Å². The number of halogens is 2. The zero-order valence-electron chi connectivity index (χ0n) is 9.45. The van der Waals surface area contributed by atoms with Crippen molar-refractivity contribution in [2.75, 3.05) is 0 Å². The first kappa shape index (κ1) is 12.4. The van der Waals surface area contributed by atoms with Crippen molar-refractivity contribution in [3.05, 3.63) is 44.7 Å². The smallest absolute Gasteiger partial charge is 0.175 e. The van der Waals surface area contributed by atoms with E-state index in [0.29, 0.717) is 10.8 Å². The number of carbonyl (C=O) groups excluding carboxylic acids is 1. The highest BCUT2D eigenvalue weighted by molar-refractivity contribution is 9.10. The highest BCUT2D eigenvalue weighted by Gasteiger charge is 2.31. The Morgan fingerprint density at radius 3 is 2.72 bits per heavy atom. The lowest BCUT2D eigenvalue weighted by Gasteiger charge is -2.00. The fraction of sp³-hybridized carbons (Fsp3) is 0.214. The van der Waals surface area contributed by atoms with Crippen LogP contribution >= 0.6 is 38.9 Å². The van der Waals surface area contributed by atoms with Crippen LogP contribution in [0.4, 0.5) is 0 Å². The van der Waals surface area contributed by atoms with Gasteiger partial charge in [0.25, 0.3) is 0 Å². The molecule has 0 saturated heterocycles. The highest BCUT2D eigenvalue weighted by Crippen LogP contribution is 2.37. The van der Waals surface area contributed by atoms with Gasteiger partial charge in [0.2, 0.25) is 0 Å². The van der Waals surface area contributed by atoms with Crippen molar-refractivity contribution in [1.82, 2.24) is 0 Å². The van der Waals surface area contributed by atoms with Crippen LogP contribution in [0.5, 0.6) is 0 Å². The second-order valence-corrected chi connectivity index (χ2v) is 6.78. The summed E-state index contributed by atoms with van der Waals surface area (Å²) in [6.07, 6.45) is 2.11. The molecule has 1 aromatic carbocycles. The number of hydrogen-bond acceptors (Lipinski definition) is 2. The van der Waals surface area contributed by atoms with E-state index in [1.165, 1.54) is 0 Å². The minimum absolute atomic E-state index is 0.286. The zero-order chi connectivity index (χ0) is 12.7. The van der Waals surface area contributed by atoms with Crippen LogP contribution < -0.4 is 0 Å². The van der Waals surface area contributed by atoms with Crippen molar-refractivity contribution in [3.63, 3.8) is 0 Å². The SMILES string of the molecule is O=C(c1ccc(-c2ccc(Cl)c(Br)c2)s1)C1CC1. The normalized spacial score (nSPS) is 14.8. The zero-order valence-corrected chi connectivity index (χ0v) is 12.6. The molecule has 4 heteroatoms. The molecule has 3 rings (SSSR count). The molecule has 18 heavy (non-hydrogen) atoms. The fourth-order valence-corrected chi connectivity index (χ4v) is 3.34. The lowest BCUT2D eigenvalue weighted by Crippen LogP contribution is -1.96. The van der Waals surface area contributed by atoms with Gasteiger partial charge in [-0.1, -0.05) is 17.7 Å². The third-order valence-corrected chi connectivity index (χ3v) is 5.36. The molecule has 1 aliphatic carbocycles. The number of thiophene rings is 1. The van der Waals surface area contributed by atoms with E-state index in [2.05, 4.69) is 15.9 Å². The Bertz CT molecular complexity index is 616. The van der Waals surface area contributed by atoms with Gasteiger partial charge in [-0.2, -0.15) is 0 Å². The summed E-state index contributed by atoms with van der Waals surface area (Å²) in [5, 5.41) is 0.699. The van der Waals surface area contributed by atoms with Gasteiger partial charge < -0.3 is 0 Å². The molecule has 0 aliphatic heterocycles. The lowest BCUT2D eigenvalue weighted by molar-refractivity contribution is 0.0971. The van der Waals surface area contributed by atoms with Gasteiger partial charge in [-0.15, -0.1) is 11.3 Å². The number of Topliss-reactive ketones (excluding diaryl/α,β-unsaturated/α-hetero) is 1. The first-order valence-electron chi connectivity index (χ1n) is 5.74. The molecule has 1 nitrogen and oxygen atoms in total. The van der Waals surface area contributed by atoms with E-state index in [-0.39, 0.29) is 5.92 Å². The Kier molecular flexibility index (Phi) is 3.31. The van der Waals surface area contributed by atoms with E-state index >= 15 is 0 Å². The topological polar surface area (TPSA) is 17.1 Å². The monoisotopic (exact) mass is 340 g/mol. The summed E-state index contributed by atoms with van der Waals surface area (Å²) in [5.41, 5.74) is 1.09. The standard InChI is InChI=1S/C14H10BrClOS/c15-10-7-9(3-4-11(10)16)12-5-6-13(18-12)14(17)8-1-2-8/h3-8H,1-2H2. The largest absolute Gasteiger partial charge is 0.293 e. The Morgan fingerprint density at radius 1 is 1.28 bits per heavy atom. The maximum Gasteiger partial charge on any atom is 0.175 e. The van der Waals surface area contributed by atoms with Gasteiger partial charge in [-0.3, -0.25) is 4.79 Å². The van der Waals surface area contributed by atoms with Crippen molar-refractivity contribution in [3.8, 4) is 10.4 Å². The van der Waals surface area contributed by atoms with E-state index in [9.17, 15) is 4.79 Å². The van der Waals surface area contributed by atoms with Crippen molar-refractivity contribution in [2.24, 2.45) is 5.92 Å². The Balaban J connectivity index is 1.92. The third kappa shape index (κ3) is 2.40. The molecule has 0 amide bonds. The van der Waals surface area contributed by atoms with E-state index in [4.69, 9.17) is 11.6 Å². The first-order chi connectivity index (χ1) is 8.65. The molecule has 0 N–H and O–H groups in total. The summed E-state index contributed by atoms with van der Waals surface area (Å²) in [5.74, 6) is 0.590. The van der Waals surface area contributed by atoms with Gasteiger partial charge in [-0.25, -0.2) is 0 Å². The van der Waals surface area contributed by atoms with Crippen LogP contribution in [0.2, 0.25) is 5.02 Å². The number of rotatable bonds is 3. The van der Waals surface area contributed by atoms with Crippen molar-refractivity contribution >= 4 is 44.7 Å². The molecule has 1 aliphatic rings. The van der Waals surface area contributed by atoms with E-state index in [0.717, 1.165) is 32.6 Å². The van der Waals surface area contributed by atoms with Crippen LogP contribution in [-0.4, -0.2) is 5.78 Å². The Morgan fingerprint density at radius 2 is 2.06 bits per heavy atom. The molecule has 1 fully saturated rings. The van der Waals surface area contributed by atoms with E-state index < -0.39 is 0 Å². The molecule has 0 spiro atoms. The van der Waals surface area contributed by atoms with Crippen LogP contribution in [0.1, 0.15) is 22.5 Å². The summed E-state index contributed by atoms with van der Waals surface area (Å²) in [4.78, 5) is 13.9. The van der Waals surface area contributed by atoms with Crippen LogP contribution in [0, 0.1) is 5.92 Å². The minimum atomic E-state index is 0.286. The summed E-state index contributed by atoms with van der Waals surface area (Å²) in [7, 11) is 0. The van der Waals surface area contributed by atoms with Crippen LogP contribution in [0.3, 0.4) is 0 Å². The number of benzene rings is 1. The molecule has 0 atom stereocenters. The molecule has 1 aromatic heterocycles. The molecule has 2 aromatic rings. The van der Waals surface area contributed by atoms with Crippen LogP contribution in [0.15, 0.2) is 34.8 Å². The van der Waals surface area contributed by atoms with Gasteiger partial charge in [0.15, 0.2) is 5.78 Å². The van der Waals surface area contributed by atoms with Crippen LogP contribution in [0.25, 0.3) is 10.4 Å². The maximum absolute atomic E-state index is 12.0. The molecule has 0 radical (unpaired) electrons. The number of carbonyl (C=O) groups is 1. The fourth-order valence-electron chi connectivity index (χ4n) is 1.82. The number of hydrogen-bond donors (Lipinski definition) is 0. The predicted molar refractivity (Wildman–Crippen MR) is 79.5 cm³/mol. The summed E-state index contributed by atoms with van der Waals surface area (Å²) >= 11 is 11.0. The van der Waals surface area contributed by atoms with E-state index in [1.807, 2.05) is 30.3 Å². The quantitative estimate of drug-likeness (QED) is 0.681. The molecular weight excluding hydrogens is 332 g/mol. The highest BCUT2D eigenvalue weighted by atomic mass is 79.9. The molecular formula is C14H10BrClOS. The van der Waals surface area contributed by atoms with Gasteiger partial charge in [0.1, 0.15) is 0 Å². The predicted octanol–water partition coefficient (Wildman–Crippen LogP) is 5.42. The second-order valence-electron chi connectivity index (χ2n) is 4.43. The van der Waals surface area contributed by atoms with Crippen molar-refractivity contribution in [1.29, 1.82) is 0 Å². The maximum atomic E-state index is 12.0. The van der Waals surface area contributed by atoms with E-state index in [1.54, 1.807) is 11.3 Å². The molecule has 0 bridgehead atoms. The number of ketones is 1.